The number of carbonyl (C=O) groups is 1. The molecule has 1 aromatic carbocycles. The SMILES string of the molecule is CCc1ccccc1C1=NCc2nnc(C)n2-c2sc3c(c21)CC(C(=O)O)C3. The van der Waals surface area contributed by atoms with Gasteiger partial charge in [-0.05, 0) is 37.3 Å². The van der Waals surface area contributed by atoms with Crippen LogP contribution in [-0.2, 0) is 30.6 Å². The van der Waals surface area contributed by atoms with Gasteiger partial charge in [-0.15, -0.1) is 21.5 Å². The fourth-order valence-corrected chi connectivity index (χ4v) is 5.76. The van der Waals surface area contributed by atoms with Gasteiger partial charge in [-0.25, -0.2) is 0 Å². The van der Waals surface area contributed by atoms with E-state index in [1.54, 1.807) is 11.3 Å². The van der Waals surface area contributed by atoms with Gasteiger partial charge in [-0.1, -0.05) is 31.2 Å². The highest BCUT2D eigenvalue weighted by atomic mass is 32.1. The Hall–Kier alpha value is -2.80. The molecule has 3 heterocycles. The Balaban J connectivity index is 1.77. The molecule has 1 unspecified atom stereocenters. The van der Waals surface area contributed by atoms with Crippen LogP contribution in [0.5, 0.6) is 0 Å². The molecule has 1 aliphatic heterocycles. The Morgan fingerprint density at radius 3 is 2.89 bits per heavy atom. The molecule has 0 amide bonds. The van der Waals surface area contributed by atoms with E-state index in [1.807, 2.05) is 13.0 Å². The molecule has 0 fully saturated rings. The lowest BCUT2D eigenvalue weighted by atomic mass is 9.93. The van der Waals surface area contributed by atoms with Crippen LogP contribution in [0.1, 0.15) is 45.7 Å². The number of aliphatic carboxylic acids is 1. The van der Waals surface area contributed by atoms with Crippen LogP contribution < -0.4 is 0 Å². The number of nitrogens with zero attached hydrogens (tertiary/aromatic N) is 4. The molecular weight excluding hydrogens is 372 g/mol. The molecule has 6 nitrogen and oxygen atoms in total. The lowest BCUT2D eigenvalue weighted by Crippen LogP contribution is -2.15. The average molecular weight is 392 g/mol. The summed E-state index contributed by atoms with van der Waals surface area (Å²) in [6.07, 6.45) is 2.06. The van der Waals surface area contributed by atoms with Crippen LogP contribution >= 0.6 is 11.3 Å². The molecule has 0 bridgehead atoms. The standard InChI is InChI=1S/C21H20N4O2S/c1-3-12-6-4-5-7-14(12)19-18-15-8-13(21(26)27)9-16(15)28-20(18)25-11(2)23-24-17(25)10-22-19/h4-7,13H,3,8-10H2,1-2H3,(H,26,27). The normalized spacial score (nSPS) is 17.5. The Kier molecular flexibility index (Phi) is 3.94. The summed E-state index contributed by atoms with van der Waals surface area (Å²) in [5.41, 5.74) is 5.54. The second kappa shape index (κ2) is 6.38. The van der Waals surface area contributed by atoms with Crippen molar-refractivity contribution in [3.63, 3.8) is 0 Å². The first-order valence-corrected chi connectivity index (χ1v) is 10.3. The van der Waals surface area contributed by atoms with E-state index < -0.39 is 5.97 Å². The summed E-state index contributed by atoms with van der Waals surface area (Å²) in [5, 5.41) is 19.2. The van der Waals surface area contributed by atoms with Gasteiger partial charge in [0.05, 0.1) is 11.6 Å². The van der Waals surface area contributed by atoms with Crippen LogP contribution in [0, 0.1) is 12.8 Å². The molecule has 0 spiro atoms. The lowest BCUT2D eigenvalue weighted by molar-refractivity contribution is -0.141. The second-order valence-electron chi connectivity index (χ2n) is 7.30. The molecule has 0 saturated carbocycles. The Morgan fingerprint density at radius 1 is 1.29 bits per heavy atom. The minimum absolute atomic E-state index is 0.348. The van der Waals surface area contributed by atoms with Crippen molar-refractivity contribution in [1.29, 1.82) is 0 Å². The van der Waals surface area contributed by atoms with Crippen molar-refractivity contribution in [1.82, 2.24) is 14.8 Å². The van der Waals surface area contributed by atoms with E-state index in [4.69, 9.17) is 4.99 Å². The highest BCUT2D eigenvalue weighted by Gasteiger charge is 2.36. The van der Waals surface area contributed by atoms with E-state index in [-0.39, 0.29) is 5.92 Å². The van der Waals surface area contributed by atoms with E-state index in [2.05, 4.69) is 39.9 Å². The molecule has 2 aromatic heterocycles. The summed E-state index contributed by atoms with van der Waals surface area (Å²) in [6.45, 7) is 4.57. The fourth-order valence-electron chi connectivity index (χ4n) is 4.28. The van der Waals surface area contributed by atoms with Crippen molar-refractivity contribution in [3.8, 4) is 5.00 Å². The van der Waals surface area contributed by atoms with E-state index in [0.29, 0.717) is 19.4 Å². The van der Waals surface area contributed by atoms with Crippen LogP contribution in [0.15, 0.2) is 29.3 Å². The molecule has 142 valence electrons. The first kappa shape index (κ1) is 17.3. The number of benzene rings is 1. The molecule has 1 N–H and O–H groups in total. The number of carboxylic acid groups (broad SMARTS) is 1. The van der Waals surface area contributed by atoms with E-state index in [9.17, 15) is 9.90 Å². The predicted molar refractivity (Wildman–Crippen MR) is 108 cm³/mol. The summed E-state index contributed by atoms with van der Waals surface area (Å²) < 4.78 is 2.10. The van der Waals surface area contributed by atoms with Crippen LogP contribution in [0.4, 0.5) is 0 Å². The first-order chi connectivity index (χ1) is 13.6. The highest BCUT2D eigenvalue weighted by Crippen LogP contribution is 2.43. The maximum atomic E-state index is 11.6. The van der Waals surface area contributed by atoms with E-state index >= 15 is 0 Å². The summed E-state index contributed by atoms with van der Waals surface area (Å²) in [4.78, 5) is 17.7. The van der Waals surface area contributed by atoms with Crippen molar-refractivity contribution in [2.24, 2.45) is 10.9 Å². The van der Waals surface area contributed by atoms with Gasteiger partial charge < -0.3 is 5.11 Å². The monoisotopic (exact) mass is 392 g/mol. The van der Waals surface area contributed by atoms with Gasteiger partial charge in [0, 0.05) is 16.0 Å². The van der Waals surface area contributed by atoms with Gasteiger partial charge in [0.15, 0.2) is 5.82 Å². The summed E-state index contributed by atoms with van der Waals surface area (Å²) in [6, 6.07) is 8.35. The second-order valence-corrected chi connectivity index (χ2v) is 8.39. The van der Waals surface area contributed by atoms with Crippen LogP contribution in [0.3, 0.4) is 0 Å². The lowest BCUT2D eigenvalue weighted by Gasteiger charge is -2.13. The van der Waals surface area contributed by atoms with Crippen LogP contribution in [0.2, 0.25) is 0 Å². The summed E-state index contributed by atoms with van der Waals surface area (Å²) >= 11 is 1.67. The van der Waals surface area contributed by atoms with Crippen LogP contribution in [0.25, 0.3) is 5.00 Å². The Bertz CT molecular complexity index is 1140. The third-order valence-electron chi connectivity index (χ3n) is 5.67. The third kappa shape index (κ3) is 2.46. The molecule has 7 heteroatoms. The first-order valence-electron chi connectivity index (χ1n) is 9.50. The predicted octanol–water partition coefficient (Wildman–Crippen LogP) is 3.35. The molecule has 5 rings (SSSR count). The third-order valence-corrected chi connectivity index (χ3v) is 6.91. The number of aliphatic imine (C=N–C) groups is 1. The van der Waals surface area contributed by atoms with Crippen molar-refractivity contribution >= 4 is 23.0 Å². The van der Waals surface area contributed by atoms with Gasteiger partial charge in [0.2, 0.25) is 0 Å². The van der Waals surface area contributed by atoms with Crippen molar-refractivity contribution in [2.45, 2.75) is 39.7 Å². The number of aromatic nitrogens is 3. The van der Waals surface area contributed by atoms with Crippen LogP contribution in [-0.4, -0.2) is 31.6 Å². The Morgan fingerprint density at radius 2 is 2.11 bits per heavy atom. The topological polar surface area (TPSA) is 80.4 Å². The smallest absolute Gasteiger partial charge is 0.307 e. The zero-order chi connectivity index (χ0) is 19.4. The minimum atomic E-state index is -0.723. The van der Waals surface area contributed by atoms with E-state index in [0.717, 1.165) is 50.3 Å². The summed E-state index contributed by atoms with van der Waals surface area (Å²) in [7, 11) is 0. The minimum Gasteiger partial charge on any atom is -0.481 e. The average Bonchev–Trinajstić information content (AvgIpc) is 3.33. The van der Waals surface area contributed by atoms with Crippen molar-refractivity contribution < 1.29 is 9.90 Å². The van der Waals surface area contributed by atoms with Crippen molar-refractivity contribution in [3.05, 3.63) is 63.0 Å². The zero-order valence-electron chi connectivity index (χ0n) is 15.8. The number of rotatable bonds is 3. The molecule has 28 heavy (non-hydrogen) atoms. The number of carboxylic acids is 1. The molecule has 1 atom stereocenters. The zero-order valence-corrected chi connectivity index (χ0v) is 16.6. The number of aryl methyl sites for hydroxylation is 2. The molecular formula is C21H20N4O2S. The number of hydrogen-bond acceptors (Lipinski definition) is 5. The summed E-state index contributed by atoms with van der Waals surface area (Å²) in [5.74, 6) is 0.599. The molecule has 3 aromatic rings. The quantitative estimate of drug-likeness (QED) is 0.741. The van der Waals surface area contributed by atoms with Gasteiger partial charge in [-0.2, -0.15) is 0 Å². The largest absolute Gasteiger partial charge is 0.481 e. The van der Waals surface area contributed by atoms with Crippen molar-refractivity contribution in [2.75, 3.05) is 0 Å². The van der Waals surface area contributed by atoms with Gasteiger partial charge in [0.1, 0.15) is 17.4 Å². The maximum Gasteiger partial charge on any atom is 0.307 e. The molecule has 1 aliphatic carbocycles. The van der Waals surface area contributed by atoms with Gasteiger partial charge >= 0.3 is 5.97 Å². The molecule has 2 aliphatic rings. The number of hydrogen-bond donors (Lipinski definition) is 1. The molecule has 0 radical (unpaired) electrons. The van der Waals surface area contributed by atoms with E-state index in [1.165, 1.54) is 5.56 Å². The fraction of sp³-hybridized carbons (Fsp3) is 0.333. The highest BCUT2D eigenvalue weighted by molar-refractivity contribution is 7.15. The molecule has 0 saturated heterocycles. The Labute approximate surface area is 166 Å². The number of fused-ring (bicyclic) bond motifs is 5. The maximum absolute atomic E-state index is 11.6. The van der Waals surface area contributed by atoms with Gasteiger partial charge in [-0.3, -0.25) is 14.4 Å². The number of thiophene rings is 1. The van der Waals surface area contributed by atoms with Gasteiger partial charge in [0.25, 0.3) is 0 Å².